The number of unbranched alkanes of at least 4 members (excludes halogenated alkanes) is 3. The van der Waals surface area contributed by atoms with Gasteiger partial charge in [0.2, 0.25) is 0 Å². The Bertz CT molecular complexity index is 204. The quantitative estimate of drug-likeness (QED) is 0.399. The molecule has 0 nitrogen and oxygen atoms in total. The summed E-state index contributed by atoms with van der Waals surface area (Å²) in [6.45, 7) is 4.25. The van der Waals surface area contributed by atoms with Crippen LogP contribution in [-0.2, 0) is 0 Å². The molecule has 0 spiro atoms. The summed E-state index contributed by atoms with van der Waals surface area (Å²) in [5, 5.41) is 0. The van der Waals surface area contributed by atoms with E-state index in [1.807, 2.05) is 31.2 Å². The highest BCUT2D eigenvalue weighted by atomic mass is 13.9. The van der Waals surface area contributed by atoms with Crippen LogP contribution in [0, 0.1) is 0 Å². The van der Waals surface area contributed by atoms with E-state index in [4.69, 9.17) is 0 Å². The summed E-state index contributed by atoms with van der Waals surface area (Å²) in [7, 11) is 0. The van der Waals surface area contributed by atoms with Gasteiger partial charge < -0.3 is 0 Å². The third-order valence-electron chi connectivity index (χ3n) is 1.86. The standard InChI is InChI=1S/C14H22/c1-3-5-7-9-11-13-14-12-10-8-6-4-2/h3,5,7,9,11-14H,4,6,8,10H2,1-2H3/b5-3+,9-7+,13-11+,14-12+. The first-order valence-electron chi connectivity index (χ1n) is 5.53. The van der Waals surface area contributed by atoms with E-state index in [1.54, 1.807) is 0 Å². The molecule has 0 heterocycles. The SMILES string of the molecule is C/C=C/C=C/C=C/C=C/CCCCC. The van der Waals surface area contributed by atoms with Gasteiger partial charge in [-0.2, -0.15) is 0 Å². The summed E-state index contributed by atoms with van der Waals surface area (Å²) in [4.78, 5) is 0. The molecule has 0 aromatic rings. The van der Waals surface area contributed by atoms with Crippen LogP contribution >= 0.6 is 0 Å². The molecule has 0 N–H and O–H groups in total. The number of rotatable bonds is 7. The van der Waals surface area contributed by atoms with Gasteiger partial charge in [0.1, 0.15) is 0 Å². The highest BCUT2D eigenvalue weighted by molar-refractivity contribution is 5.14. The first-order chi connectivity index (χ1) is 6.91. The van der Waals surface area contributed by atoms with Crippen LogP contribution in [0.15, 0.2) is 48.6 Å². The summed E-state index contributed by atoms with van der Waals surface area (Å²) < 4.78 is 0. The largest absolute Gasteiger partial charge is 0.0877 e. The Kier molecular flexibility index (Phi) is 11.1. The molecule has 0 aliphatic rings. The fourth-order valence-corrected chi connectivity index (χ4v) is 1.05. The maximum absolute atomic E-state index is 2.23. The molecule has 0 aromatic carbocycles. The zero-order chi connectivity index (χ0) is 10.5. The van der Waals surface area contributed by atoms with Crippen molar-refractivity contribution in [2.45, 2.75) is 39.5 Å². The molecule has 14 heavy (non-hydrogen) atoms. The minimum absolute atomic E-state index is 1.21. The van der Waals surface area contributed by atoms with E-state index in [0.717, 1.165) is 0 Å². The van der Waals surface area contributed by atoms with Crippen molar-refractivity contribution in [3.63, 3.8) is 0 Å². The van der Waals surface area contributed by atoms with Gasteiger partial charge in [0.25, 0.3) is 0 Å². The maximum atomic E-state index is 2.23. The molecule has 0 bridgehead atoms. The normalized spacial score (nSPS) is 13.0. The first-order valence-corrected chi connectivity index (χ1v) is 5.53. The monoisotopic (exact) mass is 190 g/mol. The Hall–Kier alpha value is -1.04. The van der Waals surface area contributed by atoms with Gasteiger partial charge in [-0.05, 0) is 19.8 Å². The van der Waals surface area contributed by atoms with Crippen molar-refractivity contribution in [1.29, 1.82) is 0 Å². The maximum Gasteiger partial charge on any atom is -0.0348 e. The van der Waals surface area contributed by atoms with Crippen molar-refractivity contribution in [3.8, 4) is 0 Å². The van der Waals surface area contributed by atoms with Crippen molar-refractivity contribution < 1.29 is 0 Å². The minimum atomic E-state index is 1.21. The van der Waals surface area contributed by atoms with Crippen LogP contribution < -0.4 is 0 Å². The molecule has 0 aliphatic heterocycles. The van der Waals surface area contributed by atoms with Crippen LogP contribution in [0.25, 0.3) is 0 Å². The van der Waals surface area contributed by atoms with Crippen LogP contribution in [-0.4, -0.2) is 0 Å². The van der Waals surface area contributed by atoms with E-state index in [0.29, 0.717) is 0 Å². The van der Waals surface area contributed by atoms with Crippen molar-refractivity contribution in [1.82, 2.24) is 0 Å². The second-order valence-electron chi connectivity index (χ2n) is 3.22. The van der Waals surface area contributed by atoms with Crippen LogP contribution in [0.4, 0.5) is 0 Å². The van der Waals surface area contributed by atoms with Gasteiger partial charge in [0, 0.05) is 0 Å². The van der Waals surface area contributed by atoms with Gasteiger partial charge >= 0.3 is 0 Å². The summed E-state index contributed by atoms with van der Waals surface area (Å²) >= 11 is 0. The van der Waals surface area contributed by atoms with Crippen molar-refractivity contribution >= 4 is 0 Å². The average Bonchev–Trinajstić information content (AvgIpc) is 2.21. The van der Waals surface area contributed by atoms with E-state index < -0.39 is 0 Å². The lowest BCUT2D eigenvalue weighted by Gasteiger charge is -1.89. The lowest BCUT2D eigenvalue weighted by molar-refractivity contribution is 0.729. The molecule has 78 valence electrons. The van der Waals surface area contributed by atoms with E-state index in [-0.39, 0.29) is 0 Å². The van der Waals surface area contributed by atoms with Gasteiger partial charge in [0.05, 0.1) is 0 Å². The molecule has 0 atom stereocenters. The van der Waals surface area contributed by atoms with Gasteiger partial charge in [-0.15, -0.1) is 0 Å². The van der Waals surface area contributed by atoms with E-state index in [1.165, 1.54) is 25.7 Å². The zero-order valence-corrected chi connectivity index (χ0v) is 9.45. The average molecular weight is 190 g/mol. The molecular weight excluding hydrogens is 168 g/mol. The van der Waals surface area contributed by atoms with Gasteiger partial charge in [-0.3, -0.25) is 0 Å². The predicted molar refractivity (Wildman–Crippen MR) is 66.4 cm³/mol. The van der Waals surface area contributed by atoms with E-state index in [2.05, 4.69) is 31.2 Å². The molecule has 0 fully saturated rings. The topological polar surface area (TPSA) is 0 Å². The van der Waals surface area contributed by atoms with Crippen LogP contribution in [0.1, 0.15) is 39.5 Å². The Labute approximate surface area is 88.7 Å². The number of allylic oxidation sites excluding steroid dienone is 8. The Morgan fingerprint density at radius 2 is 1.43 bits per heavy atom. The van der Waals surface area contributed by atoms with Gasteiger partial charge in [-0.1, -0.05) is 68.4 Å². The molecule has 0 unspecified atom stereocenters. The first kappa shape index (κ1) is 13.0. The van der Waals surface area contributed by atoms with Crippen LogP contribution in [0.2, 0.25) is 0 Å². The molecule has 0 amide bonds. The summed E-state index contributed by atoms with van der Waals surface area (Å²) in [6, 6.07) is 0. The lowest BCUT2D eigenvalue weighted by Crippen LogP contribution is -1.69. The van der Waals surface area contributed by atoms with Gasteiger partial charge in [-0.25, -0.2) is 0 Å². The molecule has 0 radical (unpaired) electrons. The van der Waals surface area contributed by atoms with E-state index in [9.17, 15) is 0 Å². The molecule has 0 aliphatic carbocycles. The Balaban J connectivity index is 3.41. The second-order valence-corrected chi connectivity index (χ2v) is 3.22. The van der Waals surface area contributed by atoms with Crippen LogP contribution in [0.5, 0.6) is 0 Å². The van der Waals surface area contributed by atoms with Crippen LogP contribution in [0.3, 0.4) is 0 Å². The van der Waals surface area contributed by atoms with Gasteiger partial charge in [0.15, 0.2) is 0 Å². The fraction of sp³-hybridized carbons (Fsp3) is 0.429. The third-order valence-corrected chi connectivity index (χ3v) is 1.86. The van der Waals surface area contributed by atoms with Crippen molar-refractivity contribution in [3.05, 3.63) is 48.6 Å². The fourth-order valence-electron chi connectivity index (χ4n) is 1.05. The van der Waals surface area contributed by atoms with Crippen molar-refractivity contribution in [2.24, 2.45) is 0 Å². The van der Waals surface area contributed by atoms with E-state index >= 15 is 0 Å². The minimum Gasteiger partial charge on any atom is -0.0877 e. The van der Waals surface area contributed by atoms with Crippen molar-refractivity contribution in [2.75, 3.05) is 0 Å². The predicted octanol–water partition coefficient (Wildman–Crippen LogP) is 4.81. The molecule has 0 saturated carbocycles. The summed E-state index contributed by atoms with van der Waals surface area (Å²) in [5.74, 6) is 0. The Morgan fingerprint density at radius 3 is 2.07 bits per heavy atom. The zero-order valence-electron chi connectivity index (χ0n) is 9.45. The highest BCUT2D eigenvalue weighted by Gasteiger charge is 1.79. The summed E-state index contributed by atoms with van der Waals surface area (Å²) in [5.41, 5.74) is 0. The second kappa shape index (κ2) is 12.0. The molecule has 0 saturated heterocycles. The summed E-state index contributed by atoms with van der Waals surface area (Å²) in [6.07, 6.45) is 21.8. The third kappa shape index (κ3) is 11.0. The molecule has 0 aromatic heterocycles. The number of hydrogen-bond acceptors (Lipinski definition) is 0. The molecule has 0 heteroatoms. The smallest absolute Gasteiger partial charge is 0.0348 e. The highest BCUT2D eigenvalue weighted by Crippen LogP contribution is 1.99. The number of hydrogen-bond donors (Lipinski definition) is 0. The Morgan fingerprint density at radius 1 is 0.786 bits per heavy atom. The lowest BCUT2D eigenvalue weighted by atomic mass is 10.2. The molecule has 0 rings (SSSR count). The molecular formula is C14H22.